The van der Waals surface area contributed by atoms with Gasteiger partial charge in [0.15, 0.2) is 0 Å². The van der Waals surface area contributed by atoms with Crippen molar-refractivity contribution in [1.29, 1.82) is 0 Å². The molecule has 446 valence electrons. The van der Waals surface area contributed by atoms with Gasteiger partial charge in [-0.05, 0) is 232 Å². The molecule has 0 amide bonds. The molecule has 0 bridgehead atoms. The standard InChI is InChI=1S/C97H58/c1-2-21-61(22-3-1)93-67-26-6-4-23-64(67)56-87-71-37-19-35-69(73(71)51-53-84(87)93)70-36-20-38-72-74(70)52-54-85-88(72)57-65-24-5-7-27-68(65)94(85)62-46-43-59(44-47-62)63-48-45-60-25-18-39-83(86(60)55-63)96-81-33-10-8-31-79(81)95(80-32-9-11-34-82(80)96)66-49-50-78-77-30-14-17-42-91(77)97(92(78)58-66)89-40-15-12-28-75(89)76-29-13-16-41-90(76)97/h1-58H. The highest BCUT2D eigenvalue weighted by atomic mass is 14.5. The summed E-state index contributed by atoms with van der Waals surface area (Å²) in [6, 6.07) is 133. The molecule has 0 aliphatic heterocycles. The van der Waals surface area contributed by atoms with Crippen LogP contribution < -0.4 is 0 Å². The van der Waals surface area contributed by atoms with Crippen LogP contribution in [0.25, 0.3) is 186 Å². The first-order valence-corrected chi connectivity index (χ1v) is 34.0. The van der Waals surface area contributed by atoms with Crippen molar-refractivity contribution >= 4 is 97.0 Å². The van der Waals surface area contributed by atoms with Crippen molar-refractivity contribution in [3.05, 3.63) is 374 Å². The van der Waals surface area contributed by atoms with E-state index in [1.807, 2.05) is 0 Å². The number of benzene rings is 19. The van der Waals surface area contributed by atoms with Gasteiger partial charge in [-0.15, -0.1) is 0 Å². The number of fused-ring (bicyclic) bond motifs is 21. The summed E-state index contributed by atoms with van der Waals surface area (Å²) in [7, 11) is 0. The predicted molar refractivity (Wildman–Crippen MR) is 413 cm³/mol. The van der Waals surface area contributed by atoms with E-state index in [1.54, 1.807) is 0 Å². The molecule has 0 N–H and O–H groups in total. The average Bonchev–Trinajstić information content (AvgIpc) is 1.52. The second-order valence-corrected chi connectivity index (χ2v) is 26.7. The van der Waals surface area contributed by atoms with Gasteiger partial charge < -0.3 is 0 Å². The van der Waals surface area contributed by atoms with Gasteiger partial charge in [0.05, 0.1) is 5.41 Å². The first-order chi connectivity index (χ1) is 48.1. The Balaban J connectivity index is 0.678. The Morgan fingerprint density at radius 1 is 0.134 bits per heavy atom. The summed E-state index contributed by atoms with van der Waals surface area (Å²) in [5, 5.41) is 22.5. The molecule has 19 aromatic carbocycles. The molecule has 0 aromatic heterocycles. The minimum Gasteiger partial charge on any atom is -0.0622 e. The van der Waals surface area contributed by atoms with Crippen LogP contribution in [0.3, 0.4) is 0 Å². The van der Waals surface area contributed by atoms with Crippen molar-refractivity contribution in [2.24, 2.45) is 0 Å². The van der Waals surface area contributed by atoms with Crippen molar-refractivity contribution in [2.45, 2.75) is 5.41 Å². The topological polar surface area (TPSA) is 0 Å². The van der Waals surface area contributed by atoms with E-state index in [4.69, 9.17) is 0 Å². The number of rotatable bonds is 6. The fraction of sp³-hybridized carbons (Fsp3) is 0.0103. The first-order valence-electron chi connectivity index (χ1n) is 34.0. The van der Waals surface area contributed by atoms with E-state index in [0.717, 1.165) is 0 Å². The van der Waals surface area contributed by atoms with Gasteiger partial charge in [0.2, 0.25) is 0 Å². The van der Waals surface area contributed by atoms with Crippen LogP contribution in [0, 0.1) is 0 Å². The minimum atomic E-state index is -0.434. The molecule has 1 spiro atoms. The van der Waals surface area contributed by atoms with Gasteiger partial charge in [-0.1, -0.05) is 328 Å². The second kappa shape index (κ2) is 20.8. The first kappa shape index (κ1) is 54.0. The van der Waals surface area contributed by atoms with Crippen LogP contribution in [-0.4, -0.2) is 0 Å². The summed E-state index contributed by atoms with van der Waals surface area (Å²) in [6.07, 6.45) is 0. The van der Waals surface area contributed by atoms with Crippen LogP contribution in [0.1, 0.15) is 22.3 Å². The molecule has 19 aromatic rings. The average molecular weight is 1220 g/mol. The normalized spacial score (nSPS) is 12.8. The van der Waals surface area contributed by atoms with Crippen LogP contribution in [0.5, 0.6) is 0 Å². The van der Waals surface area contributed by atoms with E-state index in [0.29, 0.717) is 0 Å². The van der Waals surface area contributed by atoms with Gasteiger partial charge in [0, 0.05) is 0 Å². The Hall–Kier alpha value is -12.5. The largest absolute Gasteiger partial charge is 0.0725 e. The zero-order chi connectivity index (χ0) is 63.5. The van der Waals surface area contributed by atoms with Crippen LogP contribution >= 0.6 is 0 Å². The molecule has 21 rings (SSSR count). The molecule has 2 aliphatic carbocycles. The summed E-state index contributed by atoms with van der Waals surface area (Å²) >= 11 is 0. The maximum absolute atomic E-state index is 2.55. The van der Waals surface area contributed by atoms with Crippen LogP contribution in [0.15, 0.2) is 352 Å². The Kier molecular flexibility index (Phi) is 11.5. The van der Waals surface area contributed by atoms with E-state index in [2.05, 4.69) is 352 Å². The molecule has 0 nitrogen and oxygen atoms in total. The SMILES string of the molecule is c1ccc(-c2c3ccccc3cc3c2ccc2c(-c4cccc5c4ccc4c(-c6ccc(-c7ccc8cccc(-c9c%10ccccc%10c(-c%10ccc%11c(c%10)C%10(c%12ccccc%12-c%12ccccc%12%10)c%10ccccc%10-%11)c%10ccccc9%10)c8c7)cc6)c6ccccc6cc45)cccc23)cc1. The van der Waals surface area contributed by atoms with Gasteiger partial charge in [-0.25, -0.2) is 0 Å². The Morgan fingerprint density at radius 2 is 0.495 bits per heavy atom. The monoisotopic (exact) mass is 1220 g/mol. The number of hydrogen-bond acceptors (Lipinski definition) is 0. The van der Waals surface area contributed by atoms with Crippen molar-refractivity contribution in [2.75, 3.05) is 0 Å². The maximum atomic E-state index is 2.55. The van der Waals surface area contributed by atoms with E-state index < -0.39 is 5.41 Å². The van der Waals surface area contributed by atoms with Gasteiger partial charge in [-0.3, -0.25) is 0 Å². The second-order valence-electron chi connectivity index (χ2n) is 26.7. The minimum absolute atomic E-state index is 0.434. The lowest BCUT2D eigenvalue weighted by atomic mass is 9.70. The van der Waals surface area contributed by atoms with Crippen molar-refractivity contribution < 1.29 is 0 Å². The summed E-state index contributed by atoms with van der Waals surface area (Å²) in [4.78, 5) is 0. The van der Waals surface area contributed by atoms with Gasteiger partial charge in [0.25, 0.3) is 0 Å². The van der Waals surface area contributed by atoms with Crippen molar-refractivity contribution in [3.63, 3.8) is 0 Å². The highest BCUT2D eigenvalue weighted by Crippen LogP contribution is 2.63. The molecule has 0 saturated heterocycles. The van der Waals surface area contributed by atoms with Crippen molar-refractivity contribution in [3.8, 4) is 89.0 Å². The molecule has 0 heterocycles. The lowest BCUT2D eigenvalue weighted by Crippen LogP contribution is -2.25. The molecule has 0 atom stereocenters. The summed E-state index contributed by atoms with van der Waals surface area (Å²) in [6.45, 7) is 0. The van der Waals surface area contributed by atoms with Gasteiger partial charge >= 0.3 is 0 Å². The van der Waals surface area contributed by atoms with Crippen molar-refractivity contribution in [1.82, 2.24) is 0 Å². The Morgan fingerprint density at radius 3 is 1.05 bits per heavy atom. The molecule has 0 radical (unpaired) electrons. The summed E-state index contributed by atoms with van der Waals surface area (Å²) in [5.74, 6) is 0. The molecule has 2 aliphatic rings. The molecule has 0 fully saturated rings. The fourth-order valence-corrected chi connectivity index (χ4v) is 18.0. The van der Waals surface area contributed by atoms with E-state index in [1.165, 1.54) is 208 Å². The quantitative estimate of drug-likeness (QED) is 0.115. The molecule has 0 unspecified atom stereocenters. The molecular weight excluding hydrogens is 1170 g/mol. The van der Waals surface area contributed by atoms with Crippen LogP contribution in [0.4, 0.5) is 0 Å². The molecule has 0 saturated carbocycles. The predicted octanol–water partition coefficient (Wildman–Crippen LogP) is 26.4. The van der Waals surface area contributed by atoms with E-state index in [-0.39, 0.29) is 0 Å². The summed E-state index contributed by atoms with van der Waals surface area (Å²) < 4.78 is 0. The Labute approximate surface area is 561 Å². The zero-order valence-electron chi connectivity index (χ0n) is 53.0. The third-order valence-corrected chi connectivity index (χ3v) is 22.0. The molecular formula is C97H58. The van der Waals surface area contributed by atoms with Crippen LogP contribution in [0.2, 0.25) is 0 Å². The third kappa shape index (κ3) is 7.70. The summed E-state index contributed by atoms with van der Waals surface area (Å²) in [5.41, 5.74) is 25.1. The highest BCUT2D eigenvalue weighted by molar-refractivity contribution is 6.27. The third-order valence-electron chi connectivity index (χ3n) is 22.0. The maximum Gasteiger partial charge on any atom is 0.0725 e. The van der Waals surface area contributed by atoms with E-state index in [9.17, 15) is 0 Å². The fourth-order valence-electron chi connectivity index (χ4n) is 18.0. The smallest absolute Gasteiger partial charge is 0.0622 e. The lowest BCUT2D eigenvalue weighted by Gasteiger charge is -2.31. The highest BCUT2D eigenvalue weighted by Gasteiger charge is 2.51. The number of hydrogen-bond donors (Lipinski definition) is 0. The Bertz CT molecular complexity index is 6480. The van der Waals surface area contributed by atoms with Gasteiger partial charge in [0.1, 0.15) is 0 Å². The molecule has 0 heteroatoms. The molecule has 97 heavy (non-hydrogen) atoms. The van der Waals surface area contributed by atoms with Gasteiger partial charge in [-0.2, -0.15) is 0 Å². The van der Waals surface area contributed by atoms with Crippen LogP contribution in [-0.2, 0) is 5.41 Å². The zero-order valence-corrected chi connectivity index (χ0v) is 53.0. The lowest BCUT2D eigenvalue weighted by molar-refractivity contribution is 0.794. The van der Waals surface area contributed by atoms with E-state index >= 15 is 0 Å².